The summed E-state index contributed by atoms with van der Waals surface area (Å²) >= 11 is 5.74. The molecule has 2 rings (SSSR count). The summed E-state index contributed by atoms with van der Waals surface area (Å²) in [7, 11) is 1.44. The molecule has 1 N–H and O–H groups in total. The van der Waals surface area contributed by atoms with E-state index in [-0.39, 0.29) is 22.9 Å². The fourth-order valence-electron chi connectivity index (χ4n) is 2.27. The minimum absolute atomic E-state index is 0.112. The standard InChI is InChI=1S/C19H17ClFNO5/c1-11(23)12-3-6-17(26-2)13(7-12)8-19(25)27-10-18(24)22-16-9-14(20)4-5-15(16)21/h3-7,9H,8,10H2,1-2H3,(H,22,24). The topological polar surface area (TPSA) is 81.7 Å². The van der Waals surface area contributed by atoms with Crippen molar-refractivity contribution in [1.29, 1.82) is 0 Å². The first kappa shape index (κ1) is 20.4. The first-order valence-electron chi connectivity index (χ1n) is 7.88. The molecular formula is C19H17ClFNO5. The SMILES string of the molecule is COc1ccc(C(C)=O)cc1CC(=O)OCC(=O)Nc1cc(Cl)ccc1F. The van der Waals surface area contributed by atoms with E-state index in [2.05, 4.69) is 5.32 Å². The normalized spacial score (nSPS) is 10.2. The fraction of sp³-hybridized carbons (Fsp3) is 0.211. The van der Waals surface area contributed by atoms with Crippen LogP contribution in [0.2, 0.25) is 5.02 Å². The lowest BCUT2D eigenvalue weighted by Gasteiger charge is -2.10. The maximum absolute atomic E-state index is 13.6. The molecule has 0 aliphatic carbocycles. The second-order valence-corrected chi connectivity index (χ2v) is 6.03. The molecule has 0 aliphatic heterocycles. The average molecular weight is 394 g/mol. The number of carbonyl (C=O) groups is 3. The lowest BCUT2D eigenvalue weighted by atomic mass is 10.0. The van der Waals surface area contributed by atoms with Crippen LogP contribution in [0.1, 0.15) is 22.8 Å². The number of hydrogen-bond acceptors (Lipinski definition) is 5. The molecule has 0 spiro atoms. The number of amides is 1. The van der Waals surface area contributed by atoms with Crippen molar-refractivity contribution in [3.05, 3.63) is 58.4 Å². The third kappa shape index (κ3) is 5.79. The summed E-state index contributed by atoms with van der Waals surface area (Å²) < 4.78 is 23.6. The monoisotopic (exact) mass is 393 g/mol. The molecule has 1 amide bonds. The molecule has 27 heavy (non-hydrogen) atoms. The van der Waals surface area contributed by atoms with Crippen molar-refractivity contribution in [1.82, 2.24) is 0 Å². The first-order valence-corrected chi connectivity index (χ1v) is 8.26. The molecule has 0 aliphatic rings. The number of carbonyl (C=O) groups excluding carboxylic acids is 3. The van der Waals surface area contributed by atoms with E-state index < -0.39 is 24.3 Å². The molecular weight excluding hydrogens is 377 g/mol. The van der Waals surface area contributed by atoms with Crippen molar-refractivity contribution in [2.45, 2.75) is 13.3 Å². The van der Waals surface area contributed by atoms with Crippen LogP contribution in [0, 0.1) is 5.82 Å². The number of ether oxygens (including phenoxy) is 2. The van der Waals surface area contributed by atoms with E-state index in [1.54, 1.807) is 12.1 Å². The Hall–Kier alpha value is -2.93. The summed E-state index contributed by atoms with van der Waals surface area (Å²) in [6.07, 6.45) is -0.191. The van der Waals surface area contributed by atoms with Crippen molar-refractivity contribution in [2.75, 3.05) is 19.0 Å². The Morgan fingerprint density at radius 2 is 1.89 bits per heavy atom. The van der Waals surface area contributed by atoms with Crippen LogP contribution in [0.3, 0.4) is 0 Å². The highest BCUT2D eigenvalue weighted by Gasteiger charge is 2.15. The number of benzene rings is 2. The van der Waals surface area contributed by atoms with Gasteiger partial charge in [0, 0.05) is 16.1 Å². The molecule has 6 nitrogen and oxygen atoms in total. The molecule has 0 unspecified atom stereocenters. The maximum Gasteiger partial charge on any atom is 0.310 e. The Labute approximate surface area is 160 Å². The van der Waals surface area contributed by atoms with E-state index in [4.69, 9.17) is 21.1 Å². The molecule has 0 aromatic heterocycles. The van der Waals surface area contributed by atoms with Crippen molar-refractivity contribution < 1.29 is 28.2 Å². The zero-order valence-corrected chi connectivity index (χ0v) is 15.4. The predicted molar refractivity (Wildman–Crippen MR) is 97.7 cm³/mol. The van der Waals surface area contributed by atoms with Gasteiger partial charge in [-0.1, -0.05) is 11.6 Å². The van der Waals surface area contributed by atoms with E-state index in [1.807, 2.05) is 0 Å². The van der Waals surface area contributed by atoms with Gasteiger partial charge in [0.2, 0.25) is 0 Å². The van der Waals surface area contributed by atoms with Crippen LogP contribution < -0.4 is 10.1 Å². The molecule has 0 fully saturated rings. The summed E-state index contributed by atoms with van der Waals surface area (Å²) in [5.74, 6) is -1.81. The van der Waals surface area contributed by atoms with Crippen LogP contribution in [0.5, 0.6) is 5.75 Å². The van der Waals surface area contributed by atoms with Gasteiger partial charge >= 0.3 is 5.97 Å². The van der Waals surface area contributed by atoms with Gasteiger partial charge in [0.25, 0.3) is 5.91 Å². The van der Waals surface area contributed by atoms with Gasteiger partial charge in [-0.05, 0) is 43.3 Å². The zero-order valence-electron chi connectivity index (χ0n) is 14.7. The number of halogens is 2. The second kappa shape index (κ2) is 9.14. The third-order valence-corrected chi connectivity index (χ3v) is 3.82. The van der Waals surface area contributed by atoms with Crippen LogP contribution in [-0.4, -0.2) is 31.4 Å². The van der Waals surface area contributed by atoms with Crippen molar-refractivity contribution in [2.24, 2.45) is 0 Å². The molecule has 0 heterocycles. The molecule has 142 valence electrons. The summed E-state index contributed by atoms with van der Waals surface area (Å²) in [4.78, 5) is 35.3. The van der Waals surface area contributed by atoms with E-state index in [9.17, 15) is 18.8 Å². The molecule has 0 bridgehead atoms. The molecule has 0 atom stereocenters. The van der Waals surface area contributed by atoms with Crippen molar-refractivity contribution in [3.8, 4) is 5.75 Å². The number of Topliss-reactive ketones (excluding diaryl/α,β-unsaturated/α-hetero) is 1. The smallest absolute Gasteiger partial charge is 0.310 e. The highest BCUT2D eigenvalue weighted by Crippen LogP contribution is 2.22. The Bertz CT molecular complexity index is 884. The van der Waals surface area contributed by atoms with E-state index in [0.29, 0.717) is 16.9 Å². The van der Waals surface area contributed by atoms with Gasteiger partial charge in [0.05, 0.1) is 19.2 Å². The highest BCUT2D eigenvalue weighted by molar-refractivity contribution is 6.30. The van der Waals surface area contributed by atoms with Crippen LogP contribution in [0.4, 0.5) is 10.1 Å². The fourth-order valence-corrected chi connectivity index (χ4v) is 2.44. The number of hydrogen-bond donors (Lipinski definition) is 1. The second-order valence-electron chi connectivity index (χ2n) is 5.59. The average Bonchev–Trinajstić information content (AvgIpc) is 2.63. The number of anilines is 1. The molecule has 2 aromatic carbocycles. The van der Waals surface area contributed by atoms with Crippen LogP contribution in [0.25, 0.3) is 0 Å². The highest BCUT2D eigenvalue weighted by atomic mass is 35.5. The zero-order chi connectivity index (χ0) is 20.0. The van der Waals surface area contributed by atoms with Crippen molar-refractivity contribution in [3.63, 3.8) is 0 Å². The lowest BCUT2D eigenvalue weighted by molar-refractivity contribution is -0.146. The minimum Gasteiger partial charge on any atom is -0.496 e. The summed E-state index contributed by atoms with van der Waals surface area (Å²) in [5.41, 5.74) is 0.767. The van der Waals surface area contributed by atoms with Crippen LogP contribution in [-0.2, 0) is 20.7 Å². The van der Waals surface area contributed by atoms with Crippen LogP contribution >= 0.6 is 11.6 Å². The van der Waals surface area contributed by atoms with Gasteiger partial charge in [-0.2, -0.15) is 0 Å². The molecule has 2 aromatic rings. The van der Waals surface area contributed by atoms with Gasteiger partial charge in [-0.15, -0.1) is 0 Å². The Kier molecular flexibility index (Phi) is 6.90. The lowest BCUT2D eigenvalue weighted by Crippen LogP contribution is -2.22. The van der Waals surface area contributed by atoms with E-state index in [1.165, 1.54) is 32.2 Å². The molecule has 0 saturated heterocycles. The first-order chi connectivity index (χ1) is 12.8. The maximum atomic E-state index is 13.6. The van der Waals surface area contributed by atoms with Gasteiger partial charge in [0.1, 0.15) is 11.6 Å². The van der Waals surface area contributed by atoms with E-state index in [0.717, 1.165) is 6.07 Å². The van der Waals surface area contributed by atoms with Gasteiger partial charge in [0.15, 0.2) is 12.4 Å². The van der Waals surface area contributed by atoms with Crippen molar-refractivity contribution >= 4 is 34.9 Å². The minimum atomic E-state index is -0.714. The molecule has 0 saturated carbocycles. The summed E-state index contributed by atoms with van der Waals surface area (Å²) in [6, 6.07) is 8.39. The number of nitrogens with one attached hydrogen (secondary N) is 1. The summed E-state index contributed by atoms with van der Waals surface area (Å²) in [5, 5.41) is 2.52. The number of methoxy groups -OCH3 is 1. The largest absolute Gasteiger partial charge is 0.496 e. The Morgan fingerprint density at radius 1 is 1.15 bits per heavy atom. The van der Waals surface area contributed by atoms with Gasteiger partial charge < -0.3 is 14.8 Å². The number of esters is 1. The van der Waals surface area contributed by atoms with Crippen LogP contribution in [0.15, 0.2) is 36.4 Å². The Balaban J connectivity index is 1.96. The van der Waals surface area contributed by atoms with Gasteiger partial charge in [-0.3, -0.25) is 14.4 Å². The third-order valence-electron chi connectivity index (χ3n) is 3.59. The predicted octanol–water partition coefficient (Wildman–Crippen LogP) is 3.41. The molecule has 0 radical (unpaired) electrons. The number of rotatable bonds is 7. The quantitative estimate of drug-likeness (QED) is 0.575. The molecule has 8 heteroatoms. The van der Waals surface area contributed by atoms with E-state index >= 15 is 0 Å². The summed E-state index contributed by atoms with van der Waals surface area (Å²) in [6.45, 7) is 0.808. The van der Waals surface area contributed by atoms with Gasteiger partial charge in [-0.25, -0.2) is 4.39 Å². The Morgan fingerprint density at radius 3 is 2.56 bits per heavy atom. The number of ketones is 1.